The van der Waals surface area contributed by atoms with Gasteiger partial charge in [-0.25, -0.2) is 0 Å². The molecule has 0 unspecified atom stereocenters. The molecule has 0 fully saturated rings. The zero-order chi connectivity index (χ0) is 23.3. The molecule has 162 valence electrons. The molecule has 3 aromatic carbocycles. The molecule has 0 aliphatic heterocycles. The van der Waals surface area contributed by atoms with E-state index in [1.807, 2.05) is 0 Å². The van der Waals surface area contributed by atoms with Crippen molar-refractivity contribution in [2.24, 2.45) is 5.10 Å². The molecule has 0 amide bonds. The van der Waals surface area contributed by atoms with E-state index in [1.165, 1.54) is 24.0 Å². The SMILES string of the molecule is O=[N+]([O-])c1ccc(N/N=C/c2ccc(Sc3ccc(Cl)cc3)c([N+](=O)[O-])c2)c([N+](=O)[O-])c1. The average Bonchev–Trinajstić information content (AvgIpc) is 2.76. The van der Waals surface area contributed by atoms with Crippen LogP contribution in [0.25, 0.3) is 0 Å². The number of halogens is 1. The fraction of sp³-hybridized carbons (Fsp3) is 0. The van der Waals surface area contributed by atoms with Crippen LogP contribution in [0.15, 0.2) is 75.6 Å². The number of non-ortho nitro benzene ring substituents is 1. The van der Waals surface area contributed by atoms with Crippen molar-refractivity contribution in [1.82, 2.24) is 0 Å². The van der Waals surface area contributed by atoms with Crippen LogP contribution in [0.1, 0.15) is 5.56 Å². The van der Waals surface area contributed by atoms with Gasteiger partial charge in [0, 0.05) is 27.6 Å². The third-order valence-electron chi connectivity index (χ3n) is 4.01. The molecule has 0 saturated carbocycles. The van der Waals surface area contributed by atoms with E-state index >= 15 is 0 Å². The van der Waals surface area contributed by atoms with E-state index in [2.05, 4.69) is 10.5 Å². The number of nitro groups is 3. The Labute approximate surface area is 189 Å². The number of rotatable bonds is 8. The van der Waals surface area contributed by atoms with Crippen molar-refractivity contribution in [2.45, 2.75) is 9.79 Å². The molecular formula is C19H12ClN5O6S. The number of benzene rings is 3. The topological polar surface area (TPSA) is 154 Å². The number of nitro benzene ring substituents is 3. The van der Waals surface area contributed by atoms with Crippen LogP contribution in [-0.4, -0.2) is 21.0 Å². The van der Waals surface area contributed by atoms with Crippen LogP contribution in [0.3, 0.4) is 0 Å². The van der Waals surface area contributed by atoms with Crippen LogP contribution in [-0.2, 0) is 0 Å². The second-order valence-electron chi connectivity index (χ2n) is 6.13. The number of nitrogens with zero attached hydrogens (tertiary/aromatic N) is 4. The Morgan fingerprint density at radius 3 is 2.16 bits per heavy atom. The molecule has 1 N–H and O–H groups in total. The second kappa shape index (κ2) is 9.85. The minimum absolute atomic E-state index is 0.0683. The average molecular weight is 474 g/mol. The molecule has 0 saturated heterocycles. The Balaban J connectivity index is 1.81. The molecule has 3 rings (SSSR count). The first-order chi connectivity index (χ1) is 15.2. The Morgan fingerprint density at radius 2 is 1.53 bits per heavy atom. The lowest BCUT2D eigenvalue weighted by Gasteiger charge is -2.05. The summed E-state index contributed by atoms with van der Waals surface area (Å²) >= 11 is 7.05. The maximum absolute atomic E-state index is 11.5. The van der Waals surface area contributed by atoms with Crippen LogP contribution in [0, 0.1) is 30.3 Å². The van der Waals surface area contributed by atoms with Crippen molar-refractivity contribution in [3.63, 3.8) is 0 Å². The van der Waals surface area contributed by atoms with Crippen molar-refractivity contribution in [3.8, 4) is 0 Å². The summed E-state index contributed by atoms with van der Waals surface area (Å²) in [4.78, 5) is 32.6. The van der Waals surface area contributed by atoms with Crippen molar-refractivity contribution in [1.29, 1.82) is 0 Å². The number of anilines is 1. The van der Waals surface area contributed by atoms with Crippen molar-refractivity contribution < 1.29 is 14.8 Å². The van der Waals surface area contributed by atoms with Gasteiger partial charge in [0.05, 0.1) is 31.9 Å². The Bertz CT molecular complexity index is 1240. The largest absolute Gasteiger partial charge is 0.301 e. The molecule has 3 aromatic rings. The summed E-state index contributed by atoms with van der Waals surface area (Å²) in [7, 11) is 0. The van der Waals surface area contributed by atoms with Gasteiger partial charge in [0.25, 0.3) is 11.4 Å². The Hall–Kier alpha value is -4.03. The van der Waals surface area contributed by atoms with Gasteiger partial charge < -0.3 is 0 Å². The highest BCUT2D eigenvalue weighted by atomic mass is 35.5. The van der Waals surface area contributed by atoms with E-state index in [1.54, 1.807) is 36.4 Å². The molecule has 13 heteroatoms. The van der Waals surface area contributed by atoms with Crippen LogP contribution < -0.4 is 5.43 Å². The van der Waals surface area contributed by atoms with Gasteiger partial charge in [0.15, 0.2) is 0 Å². The molecule has 0 aliphatic rings. The number of nitrogens with one attached hydrogen (secondary N) is 1. The summed E-state index contributed by atoms with van der Waals surface area (Å²) in [5.74, 6) is 0. The number of hydrazone groups is 1. The van der Waals surface area contributed by atoms with Gasteiger partial charge in [-0.1, -0.05) is 29.4 Å². The van der Waals surface area contributed by atoms with Gasteiger partial charge in [0.2, 0.25) is 0 Å². The first-order valence-electron chi connectivity index (χ1n) is 8.68. The highest BCUT2D eigenvalue weighted by molar-refractivity contribution is 7.99. The fourth-order valence-corrected chi connectivity index (χ4v) is 3.56. The zero-order valence-corrected chi connectivity index (χ0v) is 17.4. The van der Waals surface area contributed by atoms with Crippen LogP contribution >= 0.6 is 23.4 Å². The third-order valence-corrected chi connectivity index (χ3v) is 5.33. The van der Waals surface area contributed by atoms with Crippen molar-refractivity contribution >= 4 is 52.3 Å². The van der Waals surface area contributed by atoms with E-state index in [0.29, 0.717) is 15.5 Å². The minimum atomic E-state index is -0.779. The quantitative estimate of drug-likeness (QED) is 0.249. The fourth-order valence-electron chi connectivity index (χ4n) is 2.53. The lowest BCUT2D eigenvalue weighted by atomic mass is 10.2. The standard InChI is InChI=1S/C19H12ClN5O6S/c20-13-2-5-15(6-3-13)32-19-8-1-12(9-18(19)25(30)31)11-21-22-16-7-4-14(23(26)27)10-17(16)24(28)29/h1-11,22H/b21-11+. The summed E-state index contributed by atoms with van der Waals surface area (Å²) in [5.41, 5.74) is 1.63. The maximum Gasteiger partial charge on any atom is 0.301 e. The van der Waals surface area contributed by atoms with Crippen LogP contribution in [0.4, 0.5) is 22.7 Å². The molecule has 0 radical (unpaired) electrons. The monoisotopic (exact) mass is 473 g/mol. The first kappa shape index (κ1) is 22.7. The predicted molar refractivity (Wildman–Crippen MR) is 120 cm³/mol. The normalized spacial score (nSPS) is 10.8. The van der Waals surface area contributed by atoms with E-state index in [0.717, 1.165) is 23.1 Å². The van der Waals surface area contributed by atoms with E-state index in [9.17, 15) is 30.3 Å². The lowest BCUT2D eigenvalue weighted by molar-refractivity contribution is -0.393. The van der Waals surface area contributed by atoms with E-state index < -0.39 is 26.1 Å². The summed E-state index contributed by atoms with van der Waals surface area (Å²) in [5, 5.41) is 37.9. The summed E-state index contributed by atoms with van der Waals surface area (Å²) in [6.45, 7) is 0. The Morgan fingerprint density at radius 1 is 0.844 bits per heavy atom. The van der Waals surface area contributed by atoms with Crippen LogP contribution in [0.2, 0.25) is 5.02 Å². The Kier molecular flexibility index (Phi) is 6.97. The zero-order valence-electron chi connectivity index (χ0n) is 15.9. The lowest BCUT2D eigenvalue weighted by Crippen LogP contribution is -1.99. The molecule has 0 bridgehead atoms. The molecule has 0 heterocycles. The van der Waals surface area contributed by atoms with Gasteiger partial charge in [-0.15, -0.1) is 0 Å². The summed E-state index contributed by atoms with van der Waals surface area (Å²) in [6, 6.07) is 14.4. The number of hydrogen-bond donors (Lipinski definition) is 1. The first-order valence-corrected chi connectivity index (χ1v) is 9.88. The highest BCUT2D eigenvalue weighted by Crippen LogP contribution is 2.35. The van der Waals surface area contributed by atoms with Gasteiger partial charge in [-0.05, 0) is 36.4 Å². The van der Waals surface area contributed by atoms with E-state index in [-0.39, 0.29) is 11.4 Å². The molecule has 32 heavy (non-hydrogen) atoms. The van der Waals surface area contributed by atoms with Crippen molar-refractivity contribution in [3.05, 3.63) is 102 Å². The van der Waals surface area contributed by atoms with Gasteiger partial charge in [-0.2, -0.15) is 5.10 Å². The highest BCUT2D eigenvalue weighted by Gasteiger charge is 2.19. The summed E-state index contributed by atoms with van der Waals surface area (Å²) < 4.78 is 0. The van der Waals surface area contributed by atoms with Crippen LogP contribution in [0.5, 0.6) is 0 Å². The molecule has 11 nitrogen and oxygen atoms in total. The smallest absolute Gasteiger partial charge is 0.272 e. The predicted octanol–water partition coefficient (Wildman–Crippen LogP) is 5.66. The molecular weight excluding hydrogens is 462 g/mol. The van der Waals surface area contributed by atoms with Gasteiger partial charge >= 0.3 is 5.69 Å². The maximum atomic E-state index is 11.5. The summed E-state index contributed by atoms with van der Waals surface area (Å²) in [6.07, 6.45) is 1.24. The van der Waals surface area contributed by atoms with E-state index in [4.69, 9.17) is 11.6 Å². The third kappa shape index (κ3) is 5.56. The van der Waals surface area contributed by atoms with Gasteiger partial charge in [-0.3, -0.25) is 35.8 Å². The molecule has 0 aliphatic carbocycles. The molecule has 0 spiro atoms. The number of hydrogen-bond acceptors (Lipinski definition) is 9. The molecule has 0 aromatic heterocycles. The second-order valence-corrected chi connectivity index (χ2v) is 7.68. The minimum Gasteiger partial charge on any atom is -0.272 e. The van der Waals surface area contributed by atoms with Crippen molar-refractivity contribution in [2.75, 3.05) is 5.43 Å². The molecule has 0 atom stereocenters. The van der Waals surface area contributed by atoms with Gasteiger partial charge in [0.1, 0.15) is 5.69 Å².